The summed E-state index contributed by atoms with van der Waals surface area (Å²) in [4.78, 5) is 18.1. The lowest BCUT2D eigenvalue weighted by atomic mass is 9.62. The van der Waals surface area contributed by atoms with Crippen LogP contribution in [0.1, 0.15) is 31.7 Å². The Balaban J connectivity index is 1.60. The molecule has 0 amide bonds. The molecule has 150 valence electrons. The van der Waals surface area contributed by atoms with Crippen LogP contribution >= 0.6 is 11.6 Å². The van der Waals surface area contributed by atoms with Crippen molar-refractivity contribution in [2.45, 2.75) is 56.0 Å². The standard InChI is InChI=1S/C22H27ClN2O3/c1-3-11-12-8-15-19-22(13-6-4-5-7-14(13)24(19)2)9-16(25(15)20(11)26)17(12)18(22)21(27)28-10-23/h4-7,11-12,15-20,26H,3,8-10H2,1-2H3/t11-,12+,15-,16-,17?,18?,19-,20+,22+/m0/s1. The van der Waals surface area contributed by atoms with Crippen molar-refractivity contribution in [1.82, 2.24) is 4.90 Å². The lowest BCUT2D eigenvalue weighted by Gasteiger charge is -2.62. The first-order valence-electron chi connectivity index (χ1n) is 10.6. The number of anilines is 1. The third kappa shape index (κ3) is 1.72. The number of para-hydroxylation sites is 1. The minimum atomic E-state index is -0.395. The van der Waals surface area contributed by atoms with Crippen LogP contribution in [0, 0.1) is 23.7 Å². The molecular weight excluding hydrogens is 376 g/mol. The maximum Gasteiger partial charge on any atom is 0.311 e. The Kier molecular flexibility index (Phi) is 3.54. The fourth-order valence-corrected chi connectivity index (χ4v) is 8.55. The highest BCUT2D eigenvalue weighted by molar-refractivity contribution is 6.17. The first-order chi connectivity index (χ1) is 13.6. The van der Waals surface area contributed by atoms with E-state index in [1.807, 2.05) is 0 Å². The first-order valence-corrected chi connectivity index (χ1v) is 11.1. The number of alkyl halides is 1. The number of ether oxygens (including phenoxy) is 1. The fourth-order valence-electron chi connectivity index (χ4n) is 8.44. The van der Waals surface area contributed by atoms with Gasteiger partial charge in [0.1, 0.15) is 6.23 Å². The summed E-state index contributed by atoms with van der Waals surface area (Å²) in [6.07, 6.45) is 2.53. The molecule has 7 rings (SSSR count). The molecule has 5 heterocycles. The van der Waals surface area contributed by atoms with Crippen molar-refractivity contribution in [1.29, 1.82) is 0 Å². The number of carbonyl (C=O) groups is 1. The van der Waals surface area contributed by atoms with E-state index in [1.54, 1.807) is 0 Å². The van der Waals surface area contributed by atoms with Gasteiger partial charge in [-0.25, -0.2) is 0 Å². The van der Waals surface area contributed by atoms with E-state index in [-0.39, 0.29) is 53.3 Å². The quantitative estimate of drug-likeness (QED) is 0.622. The SMILES string of the molecule is CC[C@@H]1[C@@H](O)N2[C@H]3C[C@]45c6ccccc6N(C)[C@H]4[C@@H]2C[C@H]1C3C5C(=O)OCCl. The van der Waals surface area contributed by atoms with Gasteiger partial charge in [0.15, 0.2) is 6.07 Å². The second kappa shape index (κ2) is 5.65. The van der Waals surface area contributed by atoms with Gasteiger partial charge in [-0.2, -0.15) is 0 Å². The summed E-state index contributed by atoms with van der Waals surface area (Å²) in [5, 5.41) is 11.2. The second-order valence-electron chi connectivity index (χ2n) is 9.41. The van der Waals surface area contributed by atoms with Gasteiger partial charge in [0, 0.05) is 36.2 Å². The molecular formula is C22H27ClN2O3. The molecule has 5 aliphatic heterocycles. The van der Waals surface area contributed by atoms with Crippen LogP contribution in [0.25, 0.3) is 0 Å². The summed E-state index contributed by atoms with van der Waals surface area (Å²) in [7, 11) is 2.16. The van der Waals surface area contributed by atoms with E-state index < -0.39 is 6.23 Å². The highest BCUT2D eigenvalue weighted by Gasteiger charge is 2.77. The van der Waals surface area contributed by atoms with Crippen molar-refractivity contribution < 1.29 is 14.6 Å². The predicted molar refractivity (Wildman–Crippen MR) is 106 cm³/mol. The lowest BCUT2D eigenvalue weighted by Crippen LogP contribution is -2.72. The summed E-state index contributed by atoms with van der Waals surface area (Å²) in [5.41, 5.74) is 2.28. The van der Waals surface area contributed by atoms with Gasteiger partial charge in [-0.15, -0.1) is 0 Å². The molecule has 0 aromatic heterocycles. The Bertz CT molecular complexity index is 849. The molecule has 5 bridgehead atoms. The van der Waals surface area contributed by atoms with Crippen LogP contribution < -0.4 is 4.90 Å². The summed E-state index contributed by atoms with van der Waals surface area (Å²) in [5.74, 6) is 0.520. The van der Waals surface area contributed by atoms with E-state index >= 15 is 0 Å². The number of aliphatic hydroxyl groups is 1. The van der Waals surface area contributed by atoms with Crippen LogP contribution in [-0.4, -0.2) is 53.4 Å². The Morgan fingerprint density at radius 2 is 2.14 bits per heavy atom. The first kappa shape index (κ1) is 17.5. The van der Waals surface area contributed by atoms with Crippen LogP contribution in [0.5, 0.6) is 0 Å². The monoisotopic (exact) mass is 402 g/mol. The molecule has 1 aromatic rings. The number of rotatable bonds is 3. The minimum absolute atomic E-state index is 0.0946. The maximum atomic E-state index is 13.4. The number of likely N-dealkylation sites (N-methyl/N-ethyl adjacent to an activating group) is 1. The molecule has 1 N–H and O–H groups in total. The third-order valence-corrected chi connectivity index (χ3v) is 9.07. The van der Waals surface area contributed by atoms with Crippen molar-refractivity contribution in [2.75, 3.05) is 18.0 Å². The van der Waals surface area contributed by atoms with Gasteiger partial charge < -0.3 is 14.7 Å². The molecule has 4 saturated heterocycles. The van der Waals surface area contributed by atoms with Crippen LogP contribution in [0.2, 0.25) is 0 Å². The third-order valence-electron chi connectivity index (χ3n) is 8.96. The summed E-state index contributed by atoms with van der Waals surface area (Å²) >= 11 is 5.84. The molecule has 1 aromatic carbocycles. The van der Waals surface area contributed by atoms with E-state index in [9.17, 15) is 9.90 Å². The van der Waals surface area contributed by atoms with Crippen molar-refractivity contribution in [3.63, 3.8) is 0 Å². The van der Waals surface area contributed by atoms with E-state index in [0.29, 0.717) is 5.92 Å². The van der Waals surface area contributed by atoms with Crippen molar-refractivity contribution in [3.8, 4) is 0 Å². The van der Waals surface area contributed by atoms with Gasteiger partial charge in [0.25, 0.3) is 0 Å². The van der Waals surface area contributed by atoms with Crippen LogP contribution in [0.4, 0.5) is 5.69 Å². The molecule has 1 aliphatic carbocycles. The fraction of sp³-hybridized carbons (Fsp3) is 0.682. The molecule has 1 spiro atoms. The van der Waals surface area contributed by atoms with E-state index in [1.165, 1.54) is 11.3 Å². The molecule has 1 saturated carbocycles. The highest BCUT2D eigenvalue weighted by Crippen LogP contribution is 2.71. The van der Waals surface area contributed by atoms with Gasteiger partial charge in [-0.3, -0.25) is 9.69 Å². The number of aliphatic hydroxyl groups excluding tert-OH is 1. The Hall–Kier alpha value is -1.30. The number of nitrogens with zero attached hydrogens (tertiary/aromatic N) is 2. The number of carbonyl (C=O) groups excluding carboxylic acids is 1. The smallest absolute Gasteiger partial charge is 0.311 e. The molecule has 28 heavy (non-hydrogen) atoms. The number of fused-ring (bicyclic) bond motifs is 2. The highest BCUT2D eigenvalue weighted by atomic mass is 35.5. The number of benzene rings is 1. The average Bonchev–Trinajstić information content (AvgIpc) is 3.10. The summed E-state index contributed by atoms with van der Waals surface area (Å²) < 4.78 is 5.47. The Labute approximate surface area is 170 Å². The molecule has 10 atom stereocenters. The molecule has 3 unspecified atom stereocenters. The predicted octanol–water partition coefficient (Wildman–Crippen LogP) is 2.55. The molecule has 6 heteroatoms. The van der Waals surface area contributed by atoms with E-state index in [4.69, 9.17) is 16.3 Å². The van der Waals surface area contributed by atoms with Gasteiger partial charge >= 0.3 is 5.97 Å². The zero-order valence-electron chi connectivity index (χ0n) is 16.3. The molecule has 5 fully saturated rings. The lowest BCUT2D eigenvalue weighted by molar-refractivity contribution is -0.210. The molecule has 5 nitrogen and oxygen atoms in total. The zero-order valence-corrected chi connectivity index (χ0v) is 17.0. The topological polar surface area (TPSA) is 53.0 Å². The van der Waals surface area contributed by atoms with E-state index in [0.717, 1.165) is 19.3 Å². The Morgan fingerprint density at radius 1 is 1.36 bits per heavy atom. The largest absolute Gasteiger partial charge is 0.449 e. The van der Waals surface area contributed by atoms with Crippen molar-refractivity contribution in [2.24, 2.45) is 23.7 Å². The Morgan fingerprint density at radius 3 is 2.89 bits per heavy atom. The zero-order chi connectivity index (χ0) is 19.4. The number of hydrogen-bond donors (Lipinski definition) is 1. The van der Waals surface area contributed by atoms with Crippen LogP contribution in [0.15, 0.2) is 24.3 Å². The van der Waals surface area contributed by atoms with Gasteiger partial charge in [-0.1, -0.05) is 36.7 Å². The molecule has 0 radical (unpaired) electrons. The van der Waals surface area contributed by atoms with Crippen molar-refractivity contribution >= 4 is 23.3 Å². The summed E-state index contributed by atoms with van der Waals surface area (Å²) in [6, 6.07) is 9.19. The van der Waals surface area contributed by atoms with Crippen LogP contribution in [0.3, 0.4) is 0 Å². The van der Waals surface area contributed by atoms with Gasteiger partial charge in [-0.05, 0) is 42.7 Å². The average molecular weight is 403 g/mol. The second-order valence-corrected chi connectivity index (χ2v) is 9.63. The van der Waals surface area contributed by atoms with E-state index in [2.05, 4.69) is 48.0 Å². The number of halogens is 1. The van der Waals surface area contributed by atoms with Gasteiger partial charge in [0.05, 0.1) is 12.0 Å². The number of hydrogen-bond acceptors (Lipinski definition) is 5. The number of piperidine rings is 4. The van der Waals surface area contributed by atoms with Crippen LogP contribution in [-0.2, 0) is 14.9 Å². The van der Waals surface area contributed by atoms with Crippen molar-refractivity contribution in [3.05, 3.63) is 29.8 Å². The van der Waals surface area contributed by atoms with Gasteiger partial charge in [0.2, 0.25) is 0 Å². The summed E-state index contributed by atoms with van der Waals surface area (Å²) in [6.45, 7) is 2.16. The minimum Gasteiger partial charge on any atom is -0.449 e. The normalized spacial score (nSPS) is 49.3. The molecule has 6 aliphatic rings. The maximum absolute atomic E-state index is 13.4. The number of esters is 1.